The third-order valence-electron chi connectivity index (χ3n) is 7.17. The van der Waals surface area contributed by atoms with E-state index in [1.54, 1.807) is 0 Å². The van der Waals surface area contributed by atoms with Crippen LogP contribution in [0.1, 0.15) is 0 Å². The Bertz CT molecular complexity index is 2130. The van der Waals surface area contributed by atoms with Gasteiger partial charge in [0.1, 0.15) is 16.7 Å². The molecule has 0 unspecified atom stereocenters. The first-order valence-electron chi connectivity index (χ1n) is 13.1. The van der Waals surface area contributed by atoms with E-state index in [1.807, 2.05) is 78.9 Å². The molecule has 40 heavy (non-hydrogen) atoms. The Balaban J connectivity index is 1.29. The van der Waals surface area contributed by atoms with Crippen LogP contribution in [0.2, 0.25) is 0 Å². The first-order chi connectivity index (χ1) is 19.8. The fraction of sp³-hybridized carbons (Fsp3) is 0. The maximum Gasteiger partial charge on any atom is 0.199 e. The lowest BCUT2D eigenvalue weighted by atomic mass is 10.0. The fourth-order valence-corrected chi connectivity index (χ4v) is 5.14. The topological polar surface area (TPSA) is 65.0 Å². The largest absolute Gasteiger partial charge is 0.456 e. The van der Waals surface area contributed by atoms with Crippen molar-refractivity contribution in [2.24, 2.45) is 0 Å². The number of furan rings is 2. The van der Waals surface area contributed by atoms with Crippen molar-refractivity contribution in [2.75, 3.05) is 0 Å². The van der Waals surface area contributed by atoms with Gasteiger partial charge in [0, 0.05) is 27.3 Å². The van der Waals surface area contributed by atoms with Gasteiger partial charge in [-0.3, -0.25) is 0 Å². The second-order valence-corrected chi connectivity index (χ2v) is 9.71. The third kappa shape index (κ3) is 3.84. The van der Waals surface area contributed by atoms with Crippen LogP contribution >= 0.6 is 0 Å². The van der Waals surface area contributed by atoms with E-state index in [9.17, 15) is 0 Å². The summed E-state index contributed by atoms with van der Waals surface area (Å²) in [7, 11) is 0. The zero-order valence-corrected chi connectivity index (χ0v) is 21.3. The smallest absolute Gasteiger partial charge is 0.199 e. The van der Waals surface area contributed by atoms with Gasteiger partial charge in [-0.1, -0.05) is 91.0 Å². The van der Waals surface area contributed by atoms with E-state index < -0.39 is 0 Å². The van der Waals surface area contributed by atoms with E-state index >= 15 is 0 Å². The molecule has 5 nitrogen and oxygen atoms in total. The lowest BCUT2D eigenvalue weighted by molar-refractivity contribution is 0.625. The Hall–Kier alpha value is -5.55. The molecule has 0 bridgehead atoms. The van der Waals surface area contributed by atoms with Gasteiger partial charge in [0.25, 0.3) is 0 Å². The van der Waals surface area contributed by atoms with Crippen LogP contribution < -0.4 is 0 Å². The molecule has 3 heterocycles. The van der Waals surface area contributed by atoms with Crippen molar-refractivity contribution >= 4 is 32.9 Å². The molecule has 8 aromatic rings. The number of fused-ring (bicyclic) bond motifs is 4. The monoisotopic (exact) mass is 515 g/mol. The van der Waals surface area contributed by atoms with Crippen LogP contribution in [0.25, 0.3) is 78.4 Å². The molecular formula is C35H21N3O2. The van der Waals surface area contributed by atoms with Crippen molar-refractivity contribution in [3.63, 3.8) is 0 Å². The van der Waals surface area contributed by atoms with Gasteiger partial charge in [-0.15, -0.1) is 0 Å². The van der Waals surface area contributed by atoms with Crippen molar-refractivity contribution in [2.45, 2.75) is 0 Å². The molecule has 0 radical (unpaired) electrons. The highest BCUT2D eigenvalue weighted by Crippen LogP contribution is 2.34. The lowest BCUT2D eigenvalue weighted by Crippen LogP contribution is -1.99. The summed E-state index contributed by atoms with van der Waals surface area (Å²) in [6.45, 7) is 0. The minimum atomic E-state index is 0.487. The highest BCUT2D eigenvalue weighted by Gasteiger charge is 2.17. The molecule has 3 aromatic heterocycles. The number of rotatable bonds is 4. The Kier molecular flexibility index (Phi) is 5.07. The number of benzene rings is 5. The zero-order valence-electron chi connectivity index (χ0n) is 21.3. The number of aromatic nitrogens is 3. The molecule has 0 spiro atoms. The number of para-hydroxylation sites is 2. The molecular weight excluding hydrogens is 494 g/mol. The Morgan fingerprint density at radius 2 is 0.975 bits per heavy atom. The SMILES string of the molecule is c1ccc(-c2ccc(-c3nc(-c4ccc5oc6ccccc6c5c4)nc(-c4cc5ccccc5o4)n3)cc2)cc1. The summed E-state index contributed by atoms with van der Waals surface area (Å²) >= 11 is 0. The minimum absolute atomic E-state index is 0.487. The number of hydrogen-bond acceptors (Lipinski definition) is 5. The maximum atomic E-state index is 6.16. The van der Waals surface area contributed by atoms with E-state index in [1.165, 1.54) is 0 Å². The van der Waals surface area contributed by atoms with Gasteiger partial charge >= 0.3 is 0 Å². The van der Waals surface area contributed by atoms with Crippen molar-refractivity contribution in [3.05, 3.63) is 127 Å². The highest BCUT2D eigenvalue weighted by molar-refractivity contribution is 6.06. The summed E-state index contributed by atoms with van der Waals surface area (Å²) in [5.74, 6) is 2.24. The summed E-state index contributed by atoms with van der Waals surface area (Å²) < 4.78 is 12.2. The van der Waals surface area contributed by atoms with Crippen LogP contribution in [0, 0.1) is 0 Å². The molecule has 8 rings (SSSR count). The molecule has 0 saturated carbocycles. The summed E-state index contributed by atoms with van der Waals surface area (Å²) in [4.78, 5) is 14.7. The van der Waals surface area contributed by atoms with Crippen LogP contribution in [0.4, 0.5) is 0 Å². The Morgan fingerprint density at radius 3 is 1.80 bits per heavy atom. The summed E-state index contributed by atoms with van der Waals surface area (Å²) in [5, 5.41) is 3.08. The van der Waals surface area contributed by atoms with E-state index in [0.29, 0.717) is 23.2 Å². The Morgan fingerprint density at radius 1 is 0.375 bits per heavy atom. The average Bonchev–Trinajstić information content (AvgIpc) is 3.63. The van der Waals surface area contributed by atoms with Gasteiger partial charge < -0.3 is 8.83 Å². The van der Waals surface area contributed by atoms with Gasteiger partial charge in [-0.2, -0.15) is 0 Å². The molecule has 0 aliphatic carbocycles. The molecule has 5 heteroatoms. The van der Waals surface area contributed by atoms with Gasteiger partial charge in [0.2, 0.25) is 0 Å². The van der Waals surface area contributed by atoms with Crippen molar-refractivity contribution in [1.29, 1.82) is 0 Å². The molecule has 0 aliphatic heterocycles. The zero-order chi connectivity index (χ0) is 26.5. The molecule has 5 aromatic carbocycles. The predicted molar refractivity (Wildman–Crippen MR) is 159 cm³/mol. The van der Waals surface area contributed by atoms with E-state index in [0.717, 1.165) is 55.2 Å². The molecule has 0 N–H and O–H groups in total. The van der Waals surface area contributed by atoms with Crippen LogP contribution in [0.5, 0.6) is 0 Å². The van der Waals surface area contributed by atoms with E-state index in [2.05, 4.69) is 48.5 Å². The van der Waals surface area contributed by atoms with Gasteiger partial charge in [-0.05, 0) is 47.5 Å². The van der Waals surface area contributed by atoms with E-state index in [-0.39, 0.29) is 0 Å². The summed E-state index contributed by atoms with van der Waals surface area (Å²) in [5.41, 5.74) is 6.54. The minimum Gasteiger partial charge on any atom is -0.456 e. The van der Waals surface area contributed by atoms with Crippen LogP contribution in [0.3, 0.4) is 0 Å². The number of nitrogens with zero attached hydrogens (tertiary/aromatic N) is 3. The molecule has 0 amide bonds. The van der Waals surface area contributed by atoms with Gasteiger partial charge in [0.15, 0.2) is 23.2 Å². The molecule has 0 aliphatic rings. The second kappa shape index (κ2) is 9.03. The Labute approximate surface area is 229 Å². The van der Waals surface area contributed by atoms with Crippen molar-refractivity contribution < 1.29 is 8.83 Å². The van der Waals surface area contributed by atoms with Gasteiger partial charge in [0.05, 0.1) is 0 Å². The standard InChI is InChI=1S/C35H21N3O2/c1-2-8-22(9-3-1)23-14-16-24(17-15-23)33-36-34(38-35(37-33)32-21-25-10-4-6-12-29(25)39-32)26-18-19-31-28(20-26)27-11-5-7-13-30(27)40-31/h1-21H. The second-order valence-electron chi connectivity index (χ2n) is 9.71. The normalized spacial score (nSPS) is 11.5. The molecule has 188 valence electrons. The summed E-state index contributed by atoms with van der Waals surface area (Å²) in [6, 6.07) is 42.6. The third-order valence-corrected chi connectivity index (χ3v) is 7.17. The van der Waals surface area contributed by atoms with Crippen LogP contribution in [-0.2, 0) is 0 Å². The van der Waals surface area contributed by atoms with Gasteiger partial charge in [-0.25, -0.2) is 15.0 Å². The van der Waals surface area contributed by atoms with E-state index in [4.69, 9.17) is 23.8 Å². The maximum absolute atomic E-state index is 6.16. The lowest BCUT2D eigenvalue weighted by Gasteiger charge is -2.08. The first kappa shape index (κ1) is 22.4. The van der Waals surface area contributed by atoms with Crippen LogP contribution in [-0.4, -0.2) is 15.0 Å². The summed E-state index contributed by atoms with van der Waals surface area (Å²) in [6.07, 6.45) is 0. The fourth-order valence-electron chi connectivity index (χ4n) is 5.14. The van der Waals surface area contributed by atoms with Crippen LogP contribution in [0.15, 0.2) is 136 Å². The highest BCUT2D eigenvalue weighted by atomic mass is 16.3. The predicted octanol–water partition coefficient (Wildman–Crippen LogP) is 9.19. The number of hydrogen-bond donors (Lipinski definition) is 0. The molecule has 0 saturated heterocycles. The first-order valence-corrected chi connectivity index (χ1v) is 13.1. The van der Waals surface area contributed by atoms with Crippen molar-refractivity contribution in [1.82, 2.24) is 15.0 Å². The molecule has 0 fully saturated rings. The van der Waals surface area contributed by atoms with Crippen molar-refractivity contribution in [3.8, 4) is 45.5 Å². The average molecular weight is 516 g/mol. The molecule has 0 atom stereocenters. The quantitative estimate of drug-likeness (QED) is 0.234.